The Labute approximate surface area is 216 Å². The molecule has 7 nitrogen and oxygen atoms in total. The van der Waals surface area contributed by atoms with Crippen LogP contribution in [-0.4, -0.2) is 61.2 Å². The SMILES string of the molecule is CCCCCNC(=O)N(C)c1cccc(-c2ccc(CC(OCC)C(=O)N3CCC(C)CC3)cc2)n1. The highest BCUT2D eigenvalue weighted by atomic mass is 16.5. The van der Waals surface area contributed by atoms with Gasteiger partial charge in [-0.1, -0.05) is 57.0 Å². The molecule has 1 aliphatic rings. The number of unbranched alkanes of at least 4 members (excludes halogenated alkanes) is 2. The molecule has 1 aromatic heterocycles. The van der Waals surface area contributed by atoms with E-state index in [0.717, 1.165) is 62.0 Å². The second-order valence-electron chi connectivity index (χ2n) is 9.73. The minimum Gasteiger partial charge on any atom is -0.368 e. The highest BCUT2D eigenvalue weighted by Crippen LogP contribution is 2.23. The van der Waals surface area contributed by atoms with Crippen molar-refractivity contribution in [3.05, 3.63) is 48.0 Å². The molecule has 196 valence electrons. The average Bonchev–Trinajstić information content (AvgIpc) is 2.91. The fourth-order valence-corrected chi connectivity index (χ4v) is 4.44. The molecule has 36 heavy (non-hydrogen) atoms. The van der Waals surface area contributed by atoms with Crippen LogP contribution in [-0.2, 0) is 16.0 Å². The summed E-state index contributed by atoms with van der Waals surface area (Å²) in [5.74, 6) is 1.37. The van der Waals surface area contributed by atoms with Crippen molar-refractivity contribution in [1.82, 2.24) is 15.2 Å². The molecule has 1 fully saturated rings. The van der Waals surface area contributed by atoms with E-state index in [1.165, 1.54) is 0 Å². The standard InChI is InChI=1S/C29H42N4O3/c1-5-7-8-18-30-29(35)32(4)27-11-9-10-25(31-27)24-14-12-23(13-15-24)21-26(36-6-2)28(34)33-19-16-22(3)17-20-33/h9-15,22,26H,5-8,16-21H2,1-4H3,(H,30,35). The Balaban J connectivity index is 1.64. The molecular weight excluding hydrogens is 452 g/mol. The number of likely N-dealkylation sites (tertiary alicyclic amines) is 1. The molecule has 1 saturated heterocycles. The topological polar surface area (TPSA) is 74.8 Å². The first-order chi connectivity index (χ1) is 17.4. The van der Waals surface area contributed by atoms with Gasteiger partial charge in [0.1, 0.15) is 11.9 Å². The number of hydrogen-bond donors (Lipinski definition) is 1. The maximum absolute atomic E-state index is 13.1. The van der Waals surface area contributed by atoms with Crippen LogP contribution in [0.4, 0.5) is 10.6 Å². The molecule has 7 heteroatoms. The Morgan fingerprint density at radius 2 is 1.83 bits per heavy atom. The summed E-state index contributed by atoms with van der Waals surface area (Å²) in [6.07, 6.45) is 5.40. The Morgan fingerprint density at radius 1 is 1.11 bits per heavy atom. The lowest BCUT2D eigenvalue weighted by Gasteiger charge is -2.33. The normalized spacial score (nSPS) is 14.9. The molecule has 0 bridgehead atoms. The fraction of sp³-hybridized carbons (Fsp3) is 0.552. The summed E-state index contributed by atoms with van der Waals surface area (Å²) in [6, 6.07) is 13.6. The summed E-state index contributed by atoms with van der Waals surface area (Å²) in [7, 11) is 1.73. The van der Waals surface area contributed by atoms with Crippen LogP contribution in [0.2, 0.25) is 0 Å². The van der Waals surface area contributed by atoms with Crippen LogP contribution in [0.5, 0.6) is 0 Å². The number of aromatic nitrogens is 1. The van der Waals surface area contributed by atoms with Gasteiger partial charge in [0, 0.05) is 45.3 Å². The smallest absolute Gasteiger partial charge is 0.322 e. The van der Waals surface area contributed by atoms with Gasteiger partial charge in [0.15, 0.2) is 0 Å². The molecule has 0 aliphatic carbocycles. The van der Waals surface area contributed by atoms with Gasteiger partial charge in [-0.25, -0.2) is 9.78 Å². The molecule has 3 rings (SSSR count). The molecule has 0 saturated carbocycles. The summed E-state index contributed by atoms with van der Waals surface area (Å²) in [5.41, 5.74) is 2.81. The van der Waals surface area contributed by atoms with Crippen molar-refractivity contribution in [3.8, 4) is 11.3 Å². The van der Waals surface area contributed by atoms with Crippen LogP contribution < -0.4 is 10.2 Å². The van der Waals surface area contributed by atoms with E-state index in [1.54, 1.807) is 11.9 Å². The minimum atomic E-state index is -0.458. The number of piperidine rings is 1. The van der Waals surface area contributed by atoms with E-state index in [2.05, 4.69) is 19.2 Å². The second kappa shape index (κ2) is 14.0. The number of benzene rings is 1. The Kier molecular flexibility index (Phi) is 10.7. The summed E-state index contributed by atoms with van der Waals surface area (Å²) >= 11 is 0. The van der Waals surface area contributed by atoms with Crippen molar-refractivity contribution in [2.45, 2.75) is 65.4 Å². The van der Waals surface area contributed by atoms with Gasteiger partial charge in [0.25, 0.3) is 5.91 Å². The fourth-order valence-electron chi connectivity index (χ4n) is 4.44. The number of amides is 3. The first-order valence-electron chi connectivity index (χ1n) is 13.4. The number of carbonyl (C=O) groups excluding carboxylic acids is 2. The Hall–Kier alpha value is -2.93. The monoisotopic (exact) mass is 494 g/mol. The highest BCUT2D eigenvalue weighted by molar-refractivity contribution is 5.90. The van der Waals surface area contributed by atoms with Crippen molar-refractivity contribution in [2.75, 3.05) is 38.2 Å². The van der Waals surface area contributed by atoms with Crippen LogP contribution in [0.3, 0.4) is 0 Å². The molecule has 2 heterocycles. The quantitative estimate of drug-likeness (QED) is 0.431. The number of rotatable bonds is 11. The molecule has 1 N–H and O–H groups in total. The highest BCUT2D eigenvalue weighted by Gasteiger charge is 2.27. The summed E-state index contributed by atoms with van der Waals surface area (Å²) < 4.78 is 5.86. The number of anilines is 1. The van der Waals surface area contributed by atoms with E-state index in [-0.39, 0.29) is 11.9 Å². The van der Waals surface area contributed by atoms with Crippen LogP contribution in [0, 0.1) is 5.92 Å². The predicted octanol–water partition coefficient (Wildman–Crippen LogP) is 5.29. The van der Waals surface area contributed by atoms with Crippen molar-refractivity contribution >= 4 is 17.8 Å². The number of carbonyl (C=O) groups is 2. The molecule has 1 aliphatic heterocycles. The Bertz CT molecular complexity index is 971. The molecule has 3 amide bonds. The largest absolute Gasteiger partial charge is 0.368 e. The van der Waals surface area contributed by atoms with Gasteiger partial charge in [-0.15, -0.1) is 0 Å². The third kappa shape index (κ3) is 7.79. The van der Waals surface area contributed by atoms with Gasteiger partial charge in [0.05, 0.1) is 5.69 Å². The van der Waals surface area contributed by atoms with Gasteiger partial charge in [-0.2, -0.15) is 0 Å². The number of pyridine rings is 1. The number of ether oxygens (including phenoxy) is 1. The molecular formula is C29H42N4O3. The van der Waals surface area contributed by atoms with E-state index in [1.807, 2.05) is 54.3 Å². The number of nitrogens with zero attached hydrogens (tertiary/aromatic N) is 3. The van der Waals surface area contributed by atoms with Crippen LogP contribution >= 0.6 is 0 Å². The summed E-state index contributed by atoms with van der Waals surface area (Å²) in [6.45, 7) is 9.13. The third-order valence-corrected chi connectivity index (χ3v) is 6.85. The average molecular weight is 495 g/mol. The van der Waals surface area contributed by atoms with Crippen LogP contribution in [0.25, 0.3) is 11.3 Å². The van der Waals surface area contributed by atoms with Crippen molar-refractivity contribution < 1.29 is 14.3 Å². The molecule has 2 aromatic rings. The molecule has 0 spiro atoms. The molecule has 1 aromatic carbocycles. The first-order valence-corrected chi connectivity index (χ1v) is 13.4. The minimum absolute atomic E-state index is 0.0956. The van der Waals surface area contributed by atoms with Crippen molar-refractivity contribution in [1.29, 1.82) is 0 Å². The van der Waals surface area contributed by atoms with Gasteiger partial charge in [0.2, 0.25) is 0 Å². The van der Waals surface area contributed by atoms with E-state index in [4.69, 9.17) is 9.72 Å². The van der Waals surface area contributed by atoms with Gasteiger partial charge in [-0.3, -0.25) is 9.69 Å². The second-order valence-corrected chi connectivity index (χ2v) is 9.73. The van der Waals surface area contributed by atoms with E-state index in [9.17, 15) is 9.59 Å². The summed E-state index contributed by atoms with van der Waals surface area (Å²) in [4.78, 5) is 33.8. The Morgan fingerprint density at radius 3 is 2.50 bits per heavy atom. The van der Waals surface area contributed by atoms with Crippen LogP contribution in [0.15, 0.2) is 42.5 Å². The lowest BCUT2D eigenvalue weighted by molar-refractivity contribution is -0.144. The number of hydrogen-bond acceptors (Lipinski definition) is 4. The zero-order valence-electron chi connectivity index (χ0n) is 22.3. The maximum Gasteiger partial charge on any atom is 0.322 e. The van der Waals surface area contributed by atoms with E-state index >= 15 is 0 Å². The van der Waals surface area contributed by atoms with Crippen LogP contribution in [0.1, 0.15) is 58.4 Å². The molecule has 0 radical (unpaired) electrons. The van der Waals surface area contributed by atoms with Gasteiger partial charge in [-0.05, 0) is 49.8 Å². The third-order valence-electron chi connectivity index (χ3n) is 6.85. The van der Waals surface area contributed by atoms with Gasteiger partial charge >= 0.3 is 6.03 Å². The number of urea groups is 1. The summed E-state index contributed by atoms with van der Waals surface area (Å²) in [5, 5.41) is 2.95. The molecule has 1 unspecified atom stereocenters. The van der Waals surface area contributed by atoms with Crippen molar-refractivity contribution in [2.24, 2.45) is 5.92 Å². The zero-order chi connectivity index (χ0) is 25.9. The lowest BCUT2D eigenvalue weighted by Crippen LogP contribution is -2.45. The lowest BCUT2D eigenvalue weighted by atomic mass is 9.98. The zero-order valence-corrected chi connectivity index (χ0v) is 22.3. The van der Waals surface area contributed by atoms with E-state index < -0.39 is 6.10 Å². The molecule has 1 atom stereocenters. The first kappa shape index (κ1) is 27.7. The maximum atomic E-state index is 13.1. The van der Waals surface area contributed by atoms with Gasteiger partial charge < -0.3 is 15.0 Å². The van der Waals surface area contributed by atoms with E-state index in [0.29, 0.717) is 31.3 Å². The number of nitrogens with one attached hydrogen (secondary N) is 1. The van der Waals surface area contributed by atoms with Crippen molar-refractivity contribution in [3.63, 3.8) is 0 Å². The predicted molar refractivity (Wildman–Crippen MR) is 145 cm³/mol.